The molecule has 1 saturated carbocycles. The summed E-state index contributed by atoms with van der Waals surface area (Å²) < 4.78 is 12.7. The molecular weight excluding hydrogens is 318 g/mol. The molecule has 4 heteroatoms. The van der Waals surface area contributed by atoms with Crippen LogP contribution in [0.3, 0.4) is 0 Å². The molecule has 0 heterocycles. The van der Waals surface area contributed by atoms with Gasteiger partial charge < -0.3 is 15.2 Å². The maximum absolute atomic E-state index is 5.98. The predicted octanol–water partition coefficient (Wildman–Crippen LogP) is 3.92. The Balaban J connectivity index is 2.14. The third-order valence-electron chi connectivity index (χ3n) is 3.61. The zero-order chi connectivity index (χ0) is 14.5. The summed E-state index contributed by atoms with van der Waals surface area (Å²) in [5, 5.41) is 0. The van der Waals surface area contributed by atoms with Crippen molar-refractivity contribution >= 4 is 15.9 Å². The van der Waals surface area contributed by atoms with E-state index in [1.807, 2.05) is 19.9 Å². The van der Waals surface area contributed by atoms with E-state index in [9.17, 15) is 0 Å². The van der Waals surface area contributed by atoms with E-state index in [1.54, 1.807) is 0 Å². The average Bonchev–Trinajstić information content (AvgIpc) is 2.29. The van der Waals surface area contributed by atoms with Gasteiger partial charge in [0.15, 0.2) is 11.5 Å². The molecule has 20 heavy (non-hydrogen) atoms. The Labute approximate surface area is 130 Å². The standard InChI is InChI=1S/C16H24BrNO2/c1-3-19-15-9-13(7-11(2)18)8-14(17)16(15)20-10-12-5-4-6-12/h8-9,11-12H,3-7,10,18H2,1-2H3. The van der Waals surface area contributed by atoms with Crippen LogP contribution in [0.1, 0.15) is 38.7 Å². The molecule has 3 nitrogen and oxygen atoms in total. The van der Waals surface area contributed by atoms with Gasteiger partial charge in [-0.25, -0.2) is 0 Å². The Bertz CT molecular complexity index is 444. The highest BCUT2D eigenvalue weighted by molar-refractivity contribution is 9.10. The lowest BCUT2D eigenvalue weighted by molar-refractivity contribution is 0.173. The predicted molar refractivity (Wildman–Crippen MR) is 85.5 cm³/mol. The molecule has 2 rings (SSSR count). The summed E-state index contributed by atoms with van der Waals surface area (Å²) in [6, 6.07) is 4.27. The summed E-state index contributed by atoms with van der Waals surface area (Å²) in [4.78, 5) is 0. The van der Waals surface area contributed by atoms with Gasteiger partial charge in [0.05, 0.1) is 17.7 Å². The molecule has 112 valence electrons. The van der Waals surface area contributed by atoms with E-state index in [2.05, 4.69) is 22.0 Å². The molecule has 1 aliphatic carbocycles. The van der Waals surface area contributed by atoms with Crippen molar-refractivity contribution in [2.24, 2.45) is 11.7 Å². The van der Waals surface area contributed by atoms with Crippen LogP contribution in [0, 0.1) is 5.92 Å². The summed E-state index contributed by atoms with van der Waals surface area (Å²) in [6.07, 6.45) is 4.73. The number of rotatable bonds is 7. The number of halogens is 1. The molecule has 0 bridgehead atoms. The summed E-state index contributed by atoms with van der Waals surface area (Å²) in [7, 11) is 0. The van der Waals surface area contributed by atoms with Gasteiger partial charge in [0, 0.05) is 6.04 Å². The van der Waals surface area contributed by atoms with Gasteiger partial charge in [-0.3, -0.25) is 0 Å². The lowest BCUT2D eigenvalue weighted by atomic mass is 9.86. The number of benzene rings is 1. The molecule has 1 aromatic rings. The van der Waals surface area contributed by atoms with Crippen LogP contribution in [0.15, 0.2) is 16.6 Å². The van der Waals surface area contributed by atoms with Gasteiger partial charge >= 0.3 is 0 Å². The minimum Gasteiger partial charge on any atom is -0.490 e. The summed E-state index contributed by atoms with van der Waals surface area (Å²) in [5.41, 5.74) is 7.05. The summed E-state index contributed by atoms with van der Waals surface area (Å²) in [6.45, 7) is 5.41. The third kappa shape index (κ3) is 4.13. The lowest BCUT2D eigenvalue weighted by Crippen LogP contribution is -2.20. The Morgan fingerprint density at radius 3 is 2.65 bits per heavy atom. The summed E-state index contributed by atoms with van der Waals surface area (Å²) in [5.74, 6) is 2.35. The van der Waals surface area contributed by atoms with Gasteiger partial charge in [-0.05, 0) is 72.7 Å². The van der Waals surface area contributed by atoms with Crippen LogP contribution in [-0.4, -0.2) is 19.3 Å². The Morgan fingerprint density at radius 1 is 1.35 bits per heavy atom. The van der Waals surface area contributed by atoms with Crippen molar-refractivity contribution in [3.8, 4) is 11.5 Å². The maximum atomic E-state index is 5.98. The number of hydrogen-bond acceptors (Lipinski definition) is 3. The first kappa shape index (κ1) is 15.6. The van der Waals surface area contributed by atoms with Crippen molar-refractivity contribution in [2.75, 3.05) is 13.2 Å². The second kappa shape index (κ2) is 7.32. The van der Waals surface area contributed by atoms with Gasteiger partial charge in [0.2, 0.25) is 0 Å². The molecule has 0 spiro atoms. The average molecular weight is 342 g/mol. The van der Waals surface area contributed by atoms with Gasteiger partial charge in [0.25, 0.3) is 0 Å². The van der Waals surface area contributed by atoms with E-state index in [0.717, 1.165) is 29.0 Å². The molecule has 0 radical (unpaired) electrons. The zero-order valence-electron chi connectivity index (χ0n) is 12.3. The monoisotopic (exact) mass is 341 g/mol. The highest BCUT2D eigenvalue weighted by atomic mass is 79.9. The van der Waals surface area contributed by atoms with E-state index in [0.29, 0.717) is 12.5 Å². The smallest absolute Gasteiger partial charge is 0.175 e. The molecule has 1 unspecified atom stereocenters. The Kier molecular flexibility index (Phi) is 5.73. The molecule has 0 aromatic heterocycles. The van der Waals surface area contributed by atoms with E-state index in [1.165, 1.54) is 24.8 Å². The Morgan fingerprint density at radius 2 is 2.10 bits per heavy atom. The molecular formula is C16H24BrNO2. The fourth-order valence-corrected chi connectivity index (χ4v) is 2.98. The van der Waals surface area contributed by atoms with Gasteiger partial charge in [-0.1, -0.05) is 6.42 Å². The first-order chi connectivity index (χ1) is 9.60. The second-order valence-corrected chi connectivity index (χ2v) is 6.48. The minimum absolute atomic E-state index is 0.137. The number of nitrogens with two attached hydrogens (primary N) is 1. The zero-order valence-corrected chi connectivity index (χ0v) is 13.9. The van der Waals surface area contributed by atoms with E-state index in [4.69, 9.17) is 15.2 Å². The quantitative estimate of drug-likeness (QED) is 0.817. The van der Waals surface area contributed by atoms with Crippen molar-refractivity contribution in [3.05, 3.63) is 22.2 Å². The third-order valence-corrected chi connectivity index (χ3v) is 4.20. The molecule has 0 amide bonds. The van der Waals surface area contributed by atoms with Gasteiger partial charge in [-0.15, -0.1) is 0 Å². The van der Waals surface area contributed by atoms with Crippen LogP contribution in [-0.2, 0) is 6.42 Å². The highest BCUT2D eigenvalue weighted by Crippen LogP contribution is 2.38. The van der Waals surface area contributed by atoms with Crippen molar-refractivity contribution in [2.45, 2.75) is 45.6 Å². The maximum Gasteiger partial charge on any atom is 0.175 e. The van der Waals surface area contributed by atoms with Crippen LogP contribution < -0.4 is 15.2 Å². The fourth-order valence-electron chi connectivity index (χ4n) is 2.37. The topological polar surface area (TPSA) is 44.5 Å². The van der Waals surface area contributed by atoms with Crippen LogP contribution >= 0.6 is 15.9 Å². The second-order valence-electron chi connectivity index (χ2n) is 5.63. The van der Waals surface area contributed by atoms with E-state index in [-0.39, 0.29) is 6.04 Å². The van der Waals surface area contributed by atoms with Crippen molar-refractivity contribution in [1.29, 1.82) is 0 Å². The highest BCUT2D eigenvalue weighted by Gasteiger charge is 2.20. The molecule has 1 aromatic carbocycles. The molecule has 2 N–H and O–H groups in total. The van der Waals surface area contributed by atoms with Gasteiger partial charge in [0.1, 0.15) is 0 Å². The molecule has 0 saturated heterocycles. The van der Waals surface area contributed by atoms with Crippen LogP contribution in [0.4, 0.5) is 0 Å². The minimum atomic E-state index is 0.137. The summed E-state index contributed by atoms with van der Waals surface area (Å²) >= 11 is 3.60. The van der Waals surface area contributed by atoms with Crippen molar-refractivity contribution in [3.63, 3.8) is 0 Å². The van der Waals surface area contributed by atoms with Crippen molar-refractivity contribution < 1.29 is 9.47 Å². The van der Waals surface area contributed by atoms with Crippen molar-refractivity contribution in [1.82, 2.24) is 0 Å². The molecule has 1 aliphatic rings. The van der Waals surface area contributed by atoms with E-state index >= 15 is 0 Å². The lowest BCUT2D eigenvalue weighted by Gasteiger charge is -2.26. The van der Waals surface area contributed by atoms with Crippen LogP contribution in [0.5, 0.6) is 11.5 Å². The van der Waals surface area contributed by atoms with Crippen LogP contribution in [0.2, 0.25) is 0 Å². The normalized spacial score (nSPS) is 16.6. The molecule has 1 fully saturated rings. The molecule has 1 atom stereocenters. The SMILES string of the molecule is CCOc1cc(CC(C)N)cc(Br)c1OCC1CCC1. The van der Waals surface area contributed by atoms with Gasteiger partial charge in [-0.2, -0.15) is 0 Å². The number of hydrogen-bond donors (Lipinski definition) is 1. The fraction of sp³-hybridized carbons (Fsp3) is 0.625. The number of ether oxygens (including phenoxy) is 2. The van der Waals surface area contributed by atoms with Crippen LogP contribution in [0.25, 0.3) is 0 Å². The van der Waals surface area contributed by atoms with E-state index < -0.39 is 0 Å². The largest absolute Gasteiger partial charge is 0.490 e. The Hall–Kier alpha value is -0.740. The first-order valence-electron chi connectivity index (χ1n) is 7.43. The first-order valence-corrected chi connectivity index (χ1v) is 8.23. The molecule has 0 aliphatic heterocycles.